The molecule has 1 amide bonds. The van der Waals surface area contributed by atoms with Crippen molar-refractivity contribution in [3.8, 4) is 16.2 Å². The molecule has 0 bridgehead atoms. The quantitative estimate of drug-likeness (QED) is 0.667. The second-order valence-corrected chi connectivity index (χ2v) is 7.64. The van der Waals surface area contributed by atoms with Gasteiger partial charge in [0.2, 0.25) is 6.10 Å². The molecule has 0 aliphatic heterocycles. The third kappa shape index (κ3) is 3.39. The fourth-order valence-corrected chi connectivity index (χ4v) is 4.57. The van der Waals surface area contributed by atoms with E-state index >= 15 is 0 Å². The lowest BCUT2D eigenvalue weighted by Gasteiger charge is -2.16. The van der Waals surface area contributed by atoms with Crippen molar-refractivity contribution in [2.24, 2.45) is 5.73 Å². The second-order valence-electron chi connectivity index (χ2n) is 6.59. The molecular weight excluding hydrogens is 374 g/mol. The Bertz CT molecular complexity index is 1040. The van der Waals surface area contributed by atoms with Crippen LogP contribution in [0.15, 0.2) is 54.6 Å². The van der Waals surface area contributed by atoms with E-state index in [1.807, 2.05) is 30.3 Å². The minimum atomic E-state index is -1.11. The van der Waals surface area contributed by atoms with Crippen LogP contribution in [0.2, 0.25) is 0 Å². The highest BCUT2D eigenvalue weighted by atomic mass is 32.1. The lowest BCUT2D eigenvalue weighted by molar-refractivity contribution is -0.127. The zero-order valence-electron chi connectivity index (χ0n) is 15.3. The number of esters is 1. The molecule has 0 radical (unpaired) electrons. The van der Waals surface area contributed by atoms with Crippen LogP contribution >= 0.6 is 11.3 Å². The number of benzene rings is 2. The molecular formula is C22H19NO4S. The van der Waals surface area contributed by atoms with E-state index in [1.54, 1.807) is 31.4 Å². The minimum absolute atomic E-state index is 0.468. The van der Waals surface area contributed by atoms with E-state index in [0.717, 1.165) is 34.6 Å². The summed E-state index contributed by atoms with van der Waals surface area (Å²) in [6, 6.07) is 16.6. The van der Waals surface area contributed by atoms with Crippen LogP contribution in [0.5, 0.6) is 5.75 Å². The molecule has 2 aromatic carbocycles. The zero-order chi connectivity index (χ0) is 19.7. The van der Waals surface area contributed by atoms with Gasteiger partial charge in [-0.15, -0.1) is 11.3 Å². The molecule has 142 valence electrons. The van der Waals surface area contributed by atoms with Gasteiger partial charge < -0.3 is 15.2 Å². The number of fused-ring (bicyclic) bond motifs is 3. The summed E-state index contributed by atoms with van der Waals surface area (Å²) in [5.41, 5.74) is 9.45. The number of aryl methyl sites for hydroxylation is 2. The summed E-state index contributed by atoms with van der Waals surface area (Å²) in [6.45, 7) is 0. The first-order valence-electron chi connectivity index (χ1n) is 8.92. The molecule has 4 rings (SSSR count). The first-order chi connectivity index (χ1) is 13.6. The van der Waals surface area contributed by atoms with E-state index in [2.05, 4.69) is 0 Å². The van der Waals surface area contributed by atoms with Gasteiger partial charge in [-0.25, -0.2) is 4.79 Å². The van der Waals surface area contributed by atoms with Gasteiger partial charge in [-0.2, -0.15) is 0 Å². The summed E-state index contributed by atoms with van der Waals surface area (Å²) in [5.74, 6) is -0.411. The molecule has 3 aromatic rings. The average molecular weight is 393 g/mol. The van der Waals surface area contributed by atoms with Gasteiger partial charge >= 0.3 is 5.97 Å². The Morgan fingerprint density at radius 2 is 1.79 bits per heavy atom. The number of amides is 1. The molecule has 0 saturated heterocycles. The number of methoxy groups -OCH3 is 1. The van der Waals surface area contributed by atoms with E-state index in [9.17, 15) is 9.59 Å². The van der Waals surface area contributed by atoms with Crippen LogP contribution < -0.4 is 10.5 Å². The summed E-state index contributed by atoms with van der Waals surface area (Å²) < 4.78 is 10.8. The number of carbonyl (C=O) groups excluding carboxylic acids is 2. The van der Waals surface area contributed by atoms with Gasteiger partial charge in [-0.1, -0.05) is 30.3 Å². The van der Waals surface area contributed by atoms with Crippen LogP contribution in [-0.4, -0.2) is 19.0 Å². The predicted octanol–water partition coefficient (Wildman–Crippen LogP) is 3.91. The second kappa shape index (κ2) is 7.48. The Kier molecular flexibility index (Phi) is 4.88. The standard InChI is InChI=1S/C22H19NO4S/c1-26-16-9-10-17-14(11-16)7-8-15-12-18(28-20(15)17)22(25)27-19(21(23)24)13-5-3-2-4-6-13/h2-6,9-12,19H,7-8H2,1H3,(H2,23,24)/t19-/m1/s1. The highest BCUT2D eigenvalue weighted by Crippen LogP contribution is 2.41. The molecule has 5 nitrogen and oxygen atoms in total. The molecule has 0 saturated carbocycles. The molecule has 1 atom stereocenters. The van der Waals surface area contributed by atoms with Crippen LogP contribution in [-0.2, 0) is 22.4 Å². The first kappa shape index (κ1) is 18.3. The van der Waals surface area contributed by atoms with Gasteiger partial charge in [0.1, 0.15) is 10.6 Å². The van der Waals surface area contributed by atoms with Crippen LogP contribution in [0.1, 0.15) is 32.5 Å². The molecule has 2 N–H and O–H groups in total. The number of nitrogens with two attached hydrogens (primary N) is 1. The normalized spacial score (nSPS) is 13.2. The molecule has 28 heavy (non-hydrogen) atoms. The smallest absolute Gasteiger partial charge is 0.349 e. The molecule has 1 aliphatic rings. The highest BCUT2D eigenvalue weighted by Gasteiger charge is 2.27. The zero-order valence-corrected chi connectivity index (χ0v) is 16.1. The highest BCUT2D eigenvalue weighted by molar-refractivity contribution is 7.17. The number of thiophene rings is 1. The first-order valence-corrected chi connectivity index (χ1v) is 9.73. The van der Waals surface area contributed by atoms with Gasteiger partial charge in [-0.05, 0) is 53.8 Å². The minimum Gasteiger partial charge on any atom is -0.497 e. The van der Waals surface area contributed by atoms with Crippen LogP contribution in [0.25, 0.3) is 10.4 Å². The number of carbonyl (C=O) groups is 2. The van der Waals surface area contributed by atoms with E-state index in [1.165, 1.54) is 16.9 Å². The van der Waals surface area contributed by atoms with Crippen molar-refractivity contribution in [1.82, 2.24) is 0 Å². The fourth-order valence-electron chi connectivity index (χ4n) is 3.42. The maximum Gasteiger partial charge on any atom is 0.349 e. The summed E-state index contributed by atoms with van der Waals surface area (Å²) in [5, 5.41) is 0. The topological polar surface area (TPSA) is 78.6 Å². The Balaban J connectivity index is 1.61. The summed E-state index contributed by atoms with van der Waals surface area (Å²) in [7, 11) is 1.65. The maximum absolute atomic E-state index is 12.7. The van der Waals surface area contributed by atoms with E-state index in [4.69, 9.17) is 15.2 Å². The van der Waals surface area contributed by atoms with Crippen LogP contribution in [0, 0.1) is 0 Å². The van der Waals surface area contributed by atoms with Crippen molar-refractivity contribution in [3.63, 3.8) is 0 Å². The molecule has 0 fully saturated rings. The third-order valence-corrected chi connectivity index (χ3v) is 6.01. The molecule has 1 aliphatic carbocycles. The lowest BCUT2D eigenvalue weighted by Crippen LogP contribution is -2.26. The summed E-state index contributed by atoms with van der Waals surface area (Å²) >= 11 is 1.38. The van der Waals surface area contributed by atoms with E-state index in [-0.39, 0.29) is 0 Å². The lowest BCUT2D eigenvalue weighted by atomic mass is 9.91. The van der Waals surface area contributed by atoms with Crippen molar-refractivity contribution < 1.29 is 19.1 Å². The van der Waals surface area contributed by atoms with Gasteiger partial charge in [0, 0.05) is 10.4 Å². The van der Waals surface area contributed by atoms with Crippen molar-refractivity contribution in [2.75, 3.05) is 7.11 Å². The molecule has 6 heteroatoms. The largest absolute Gasteiger partial charge is 0.497 e. The Morgan fingerprint density at radius 1 is 1.04 bits per heavy atom. The van der Waals surface area contributed by atoms with Gasteiger partial charge in [0.15, 0.2) is 0 Å². The van der Waals surface area contributed by atoms with E-state index < -0.39 is 18.0 Å². The Morgan fingerprint density at radius 3 is 2.50 bits per heavy atom. The number of rotatable bonds is 5. The van der Waals surface area contributed by atoms with Crippen LogP contribution in [0.4, 0.5) is 0 Å². The predicted molar refractivity (Wildman–Crippen MR) is 108 cm³/mol. The number of hydrogen-bond acceptors (Lipinski definition) is 5. The van der Waals surface area contributed by atoms with Crippen molar-refractivity contribution >= 4 is 23.2 Å². The molecule has 1 aromatic heterocycles. The molecule has 0 unspecified atom stereocenters. The van der Waals surface area contributed by atoms with Crippen molar-refractivity contribution in [1.29, 1.82) is 0 Å². The monoisotopic (exact) mass is 393 g/mol. The Labute approximate surface area is 166 Å². The summed E-state index contributed by atoms with van der Waals surface area (Å²) in [4.78, 5) is 26.1. The number of ether oxygens (including phenoxy) is 2. The van der Waals surface area contributed by atoms with Crippen LogP contribution in [0.3, 0.4) is 0 Å². The number of hydrogen-bond donors (Lipinski definition) is 1. The van der Waals surface area contributed by atoms with E-state index in [0.29, 0.717) is 10.4 Å². The molecule has 0 spiro atoms. The third-order valence-electron chi connectivity index (χ3n) is 4.82. The van der Waals surface area contributed by atoms with Gasteiger partial charge in [0.05, 0.1) is 7.11 Å². The van der Waals surface area contributed by atoms with Gasteiger partial charge in [-0.3, -0.25) is 4.79 Å². The number of primary amides is 1. The van der Waals surface area contributed by atoms with Crippen molar-refractivity contribution in [2.45, 2.75) is 18.9 Å². The fraction of sp³-hybridized carbons (Fsp3) is 0.182. The molecule has 1 heterocycles. The summed E-state index contributed by atoms with van der Waals surface area (Å²) in [6.07, 6.45) is 0.625. The average Bonchev–Trinajstić information content (AvgIpc) is 3.16. The Hall–Kier alpha value is -3.12. The SMILES string of the molecule is COc1ccc2c(c1)CCc1cc(C(=O)O[C@@H](C(N)=O)c3ccccc3)sc1-2. The van der Waals surface area contributed by atoms with Gasteiger partial charge in [0.25, 0.3) is 5.91 Å². The maximum atomic E-state index is 12.7. The van der Waals surface area contributed by atoms with Crippen molar-refractivity contribution in [3.05, 3.63) is 76.2 Å².